The average molecular weight is 432 g/mol. The van der Waals surface area contributed by atoms with E-state index >= 15 is 0 Å². The lowest BCUT2D eigenvalue weighted by Crippen LogP contribution is -2.30. The smallest absolute Gasteiger partial charge is 0.265 e. The highest BCUT2D eigenvalue weighted by molar-refractivity contribution is 7.17. The minimum atomic E-state index is -0.496. The molecule has 0 spiro atoms. The van der Waals surface area contributed by atoms with Crippen LogP contribution >= 0.6 is 11.3 Å². The fraction of sp³-hybridized carbons (Fsp3) is 0.280. The molecule has 1 fully saturated rings. The van der Waals surface area contributed by atoms with Crippen molar-refractivity contribution in [2.45, 2.75) is 32.1 Å². The van der Waals surface area contributed by atoms with E-state index in [0.717, 1.165) is 44.5 Å². The van der Waals surface area contributed by atoms with Crippen LogP contribution in [0.5, 0.6) is 0 Å². The van der Waals surface area contributed by atoms with Crippen molar-refractivity contribution in [2.75, 3.05) is 23.3 Å². The van der Waals surface area contributed by atoms with Gasteiger partial charge in [-0.25, -0.2) is 0 Å². The van der Waals surface area contributed by atoms with Gasteiger partial charge in [-0.05, 0) is 73.1 Å². The van der Waals surface area contributed by atoms with Gasteiger partial charge in [0.05, 0.1) is 16.3 Å². The van der Waals surface area contributed by atoms with Crippen molar-refractivity contribution >= 4 is 34.5 Å². The highest BCUT2D eigenvalue weighted by Gasteiger charge is 2.23. The molecule has 0 unspecified atom stereocenters. The van der Waals surface area contributed by atoms with Crippen molar-refractivity contribution < 1.29 is 9.59 Å². The normalized spacial score (nSPS) is 15.2. The number of aryl methyl sites for hydroxylation is 2. The topological polar surface area (TPSA) is 75.4 Å². The Hall–Kier alpha value is -3.12. The standard InChI is InChI=1S/C25H25N3O2S/c26-24(29)18-10-11-21(28-12-4-1-5-13-28)20(14-18)27-25(30)22-15-17-9-8-16-6-2-3-7-19(16)23(17)31-22/h2-3,6-7,10-11,14-15H,1,4-5,8-9,12-13H2,(H2,26,29)(H,27,30). The highest BCUT2D eigenvalue weighted by Crippen LogP contribution is 2.40. The molecule has 158 valence electrons. The number of nitrogens with one attached hydrogen (secondary N) is 1. The molecule has 0 saturated carbocycles. The summed E-state index contributed by atoms with van der Waals surface area (Å²) in [6, 6.07) is 15.8. The summed E-state index contributed by atoms with van der Waals surface area (Å²) in [7, 11) is 0. The molecule has 31 heavy (non-hydrogen) atoms. The molecule has 1 aliphatic carbocycles. The van der Waals surface area contributed by atoms with E-state index in [-0.39, 0.29) is 5.91 Å². The molecular weight excluding hydrogens is 406 g/mol. The van der Waals surface area contributed by atoms with Crippen LogP contribution < -0.4 is 16.0 Å². The average Bonchev–Trinajstić information content (AvgIpc) is 3.25. The first kappa shape index (κ1) is 19.8. The second-order valence-corrected chi connectivity index (χ2v) is 9.27. The summed E-state index contributed by atoms with van der Waals surface area (Å²) in [5.41, 5.74) is 11.3. The maximum Gasteiger partial charge on any atom is 0.265 e. The Balaban J connectivity index is 1.46. The molecule has 5 nitrogen and oxygen atoms in total. The predicted octanol–water partition coefficient (Wildman–Crippen LogP) is 4.86. The molecule has 3 aromatic rings. The molecule has 6 heteroatoms. The lowest BCUT2D eigenvalue weighted by Gasteiger charge is -2.30. The molecule has 0 bridgehead atoms. The number of primary amides is 1. The second-order valence-electron chi connectivity index (χ2n) is 8.22. The number of rotatable bonds is 4. The summed E-state index contributed by atoms with van der Waals surface area (Å²) < 4.78 is 0. The SMILES string of the molecule is NC(=O)c1ccc(N2CCCCC2)c(NC(=O)c2cc3c(s2)-c2ccccc2CC3)c1. The lowest BCUT2D eigenvalue weighted by molar-refractivity contribution is 0.0996. The molecule has 1 aromatic heterocycles. The van der Waals surface area contributed by atoms with Gasteiger partial charge in [0.25, 0.3) is 5.91 Å². The van der Waals surface area contributed by atoms with Crippen LogP contribution in [0.15, 0.2) is 48.5 Å². The summed E-state index contributed by atoms with van der Waals surface area (Å²) in [6.45, 7) is 1.89. The Morgan fingerprint density at radius 1 is 0.935 bits per heavy atom. The minimum absolute atomic E-state index is 0.142. The predicted molar refractivity (Wildman–Crippen MR) is 126 cm³/mol. The van der Waals surface area contributed by atoms with Gasteiger partial charge >= 0.3 is 0 Å². The zero-order valence-corrected chi connectivity index (χ0v) is 18.1. The van der Waals surface area contributed by atoms with Crippen molar-refractivity contribution in [1.29, 1.82) is 0 Å². The lowest BCUT2D eigenvalue weighted by atomic mass is 9.91. The van der Waals surface area contributed by atoms with Crippen LogP contribution in [0.25, 0.3) is 10.4 Å². The van der Waals surface area contributed by atoms with Crippen LogP contribution in [0.3, 0.4) is 0 Å². The molecule has 2 heterocycles. The van der Waals surface area contributed by atoms with E-state index < -0.39 is 5.91 Å². The van der Waals surface area contributed by atoms with Crippen LogP contribution in [0.4, 0.5) is 11.4 Å². The van der Waals surface area contributed by atoms with E-state index in [9.17, 15) is 9.59 Å². The number of hydrogen-bond acceptors (Lipinski definition) is 4. The fourth-order valence-corrected chi connectivity index (χ4v) is 5.73. The van der Waals surface area contributed by atoms with Crippen LogP contribution in [0.2, 0.25) is 0 Å². The molecule has 0 radical (unpaired) electrons. The largest absolute Gasteiger partial charge is 0.370 e. The van der Waals surface area contributed by atoms with Crippen molar-refractivity contribution in [2.24, 2.45) is 5.73 Å². The van der Waals surface area contributed by atoms with Gasteiger partial charge < -0.3 is 16.0 Å². The zero-order valence-electron chi connectivity index (χ0n) is 17.3. The summed E-state index contributed by atoms with van der Waals surface area (Å²) >= 11 is 1.54. The van der Waals surface area contributed by atoms with Crippen LogP contribution in [0, 0.1) is 0 Å². The number of carbonyl (C=O) groups excluding carboxylic acids is 2. The number of fused-ring (bicyclic) bond motifs is 3. The maximum absolute atomic E-state index is 13.2. The van der Waals surface area contributed by atoms with Crippen LogP contribution in [-0.2, 0) is 12.8 Å². The number of benzene rings is 2. The van der Waals surface area contributed by atoms with Gasteiger partial charge in [-0.3, -0.25) is 9.59 Å². The van der Waals surface area contributed by atoms with Crippen LogP contribution in [0.1, 0.15) is 50.4 Å². The molecule has 3 N–H and O–H groups in total. The Morgan fingerprint density at radius 2 is 1.71 bits per heavy atom. The molecule has 5 rings (SSSR count). The van der Waals surface area contributed by atoms with E-state index in [1.165, 1.54) is 28.0 Å². The molecule has 2 aliphatic rings. The van der Waals surface area contributed by atoms with Gasteiger partial charge in [0.2, 0.25) is 5.91 Å². The fourth-order valence-electron chi connectivity index (χ4n) is 4.57. The number of piperidine rings is 1. The van der Waals surface area contributed by atoms with E-state index in [0.29, 0.717) is 16.1 Å². The van der Waals surface area contributed by atoms with Gasteiger partial charge in [0.1, 0.15) is 0 Å². The second kappa shape index (κ2) is 8.19. The maximum atomic E-state index is 13.2. The number of carbonyl (C=O) groups is 2. The van der Waals surface area contributed by atoms with Gasteiger partial charge in [-0.1, -0.05) is 24.3 Å². The van der Waals surface area contributed by atoms with E-state index in [2.05, 4.69) is 28.4 Å². The molecule has 1 aliphatic heterocycles. The van der Waals surface area contributed by atoms with E-state index in [4.69, 9.17) is 5.73 Å². The molecule has 0 atom stereocenters. The van der Waals surface area contributed by atoms with Crippen LogP contribution in [-0.4, -0.2) is 24.9 Å². The molecule has 2 aromatic carbocycles. The molecular formula is C25H25N3O2S. The zero-order chi connectivity index (χ0) is 21.4. The summed E-state index contributed by atoms with van der Waals surface area (Å²) in [4.78, 5) is 29.1. The first-order valence-corrected chi connectivity index (χ1v) is 11.6. The Kier molecular flexibility index (Phi) is 5.24. The van der Waals surface area contributed by atoms with E-state index in [1.807, 2.05) is 18.2 Å². The number of nitrogens with zero attached hydrogens (tertiary/aromatic N) is 1. The third-order valence-electron chi connectivity index (χ3n) is 6.18. The molecule has 2 amide bonds. The van der Waals surface area contributed by atoms with Gasteiger partial charge in [-0.15, -0.1) is 11.3 Å². The van der Waals surface area contributed by atoms with Gasteiger partial charge in [0.15, 0.2) is 0 Å². The third kappa shape index (κ3) is 3.83. The monoisotopic (exact) mass is 431 g/mol. The highest BCUT2D eigenvalue weighted by atomic mass is 32.1. The minimum Gasteiger partial charge on any atom is -0.370 e. The number of nitrogens with two attached hydrogens (primary N) is 1. The van der Waals surface area contributed by atoms with Crippen molar-refractivity contribution in [3.8, 4) is 10.4 Å². The Labute approximate surface area is 185 Å². The molecule has 1 saturated heterocycles. The number of thiophene rings is 1. The quantitative estimate of drug-likeness (QED) is 0.620. The number of hydrogen-bond donors (Lipinski definition) is 2. The van der Waals surface area contributed by atoms with Gasteiger partial charge in [0, 0.05) is 23.5 Å². The first-order chi connectivity index (χ1) is 15.1. The first-order valence-electron chi connectivity index (χ1n) is 10.8. The summed E-state index contributed by atoms with van der Waals surface area (Å²) in [5, 5.41) is 3.07. The summed E-state index contributed by atoms with van der Waals surface area (Å²) in [5.74, 6) is -0.638. The summed E-state index contributed by atoms with van der Waals surface area (Å²) in [6.07, 6.45) is 5.43. The Bertz CT molecular complexity index is 1160. The van der Waals surface area contributed by atoms with Crippen molar-refractivity contribution in [1.82, 2.24) is 0 Å². The van der Waals surface area contributed by atoms with Crippen molar-refractivity contribution in [3.63, 3.8) is 0 Å². The number of anilines is 2. The van der Waals surface area contributed by atoms with E-state index in [1.54, 1.807) is 23.5 Å². The number of amides is 2. The Morgan fingerprint density at radius 3 is 2.52 bits per heavy atom. The van der Waals surface area contributed by atoms with Crippen molar-refractivity contribution in [3.05, 3.63) is 70.1 Å². The third-order valence-corrected chi connectivity index (χ3v) is 7.39. The van der Waals surface area contributed by atoms with Gasteiger partial charge in [-0.2, -0.15) is 0 Å².